The summed E-state index contributed by atoms with van der Waals surface area (Å²) in [6.07, 6.45) is 2.05. The van der Waals surface area contributed by atoms with Crippen molar-refractivity contribution in [3.8, 4) is 6.07 Å². The zero-order valence-electron chi connectivity index (χ0n) is 15.8. The van der Waals surface area contributed by atoms with Crippen molar-refractivity contribution < 1.29 is 14.1 Å². The highest BCUT2D eigenvalue weighted by atomic mass is 16.5. The molecular weight excluding hydrogens is 320 g/mol. The zero-order chi connectivity index (χ0) is 18.7. The maximum Gasteiger partial charge on any atom is 0.246 e. The second-order valence-corrected chi connectivity index (χ2v) is 7.76. The fourth-order valence-corrected chi connectivity index (χ4v) is 2.67. The lowest BCUT2D eigenvalue weighted by Crippen LogP contribution is -2.52. The first-order valence-corrected chi connectivity index (χ1v) is 8.65. The minimum Gasteiger partial charge on any atom is -0.381 e. The highest BCUT2D eigenvalue weighted by molar-refractivity contribution is 5.96. The molecule has 0 unspecified atom stereocenters. The fraction of sp³-hybridized carbons (Fsp3) is 0.722. The van der Waals surface area contributed by atoms with Crippen LogP contribution in [0.25, 0.3) is 0 Å². The average Bonchev–Trinajstić information content (AvgIpc) is 3.05. The SMILES string of the molecule is CN(CC1CCOCC1)C(C)(C)C(=O)Nc1cc(C(C)(C)C#N)no1. The minimum absolute atomic E-state index is 0.167. The van der Waals surface area contributed by atoms with Gasteiger partial charge in [0.15, 0.2) is 0 Å². The molecule has 0 radical (unpaired) electrons. The van der Waals surface area contributed by atoms with Gasteiger partial charge in [-0.3, -0.25) is 15.0 Å². The van der Waals surface area contributed by atoms with Gasteiger partial charge in [-0.1, -0.05) is 5.16 Å². The van der Waals surface area contributed by atoms with Crippen molar-refractivity contribution >= 4 is 11.8 Å². The molecule has 7 nitrogen and oxygen atoms in total. The van der Waals surface area contributed by atoms with Crippen LogP contribution < -0.4 is 5.32 Å². The van der Waals surface area contributed by atoms with E-state index in [0.717, 1.165) is 32.6 Å². The molecule has 1 aliphatic heterocycles. The van der Waals surface area contributed by atoms with E-state index in [9.17, 15) is 4.79 Å². The molecule has 0 saturated carbocycles. The van der Waals surface area contributed by atoms with Crippen molar-refractivity contribution in [2.75, 3.05) is 32.1 Å². The number of nitrogens with one attached hydrogen (secondary N) is 1. The van der Waals surface area contributed by atoms with Gasteiger partial charge >= 0.3 is 0 Å². The number of aromatic nitrogens is 1. The second-order valence-electron chi connectivity index (χ2n) is 7.76. The van der Waals surface area contributed by atoms with E-state index in [1.165, 1.54) is 0 Å². The number of carbonyl (C=O) groups is 1. The Bertz CT molecular complexity index is 639. The van der Waals surface area contributed by atoms with Crippen LogP contribution in [0.4, 0.5) is 5.88 Å². The third kappa shape index (κ3) is 4.59. The minimum atomic E-state index is -0.762. The number of amides is 1. The molecule has 1 saturated heterocycles. The molecule has 7 heteroatoms. The van der Waals surface area contributed by atoms with Crippen LogP contribution in [0.15, 0.2) is 10.6 Å². The number of hydrogen-bond donors (Lipinski definition) is 1. The van der Waals surface area contributed by atoms with Crippen LogP contribution in [0, 0.1) is 17.2 Å². The van der Waals surface area contributed by atoms with Crippen LogP contribution in [0.2, 0.25) is 0 Å². The average molecular weight is 348 g/mol. The monoisotopic (exact) mass is 348 g/mol. The van der Waals surface area contributed by atoms with Gasteiger partial charge in [-0.25, -0.2) is 0 Å². The highest BCUT2D eigenvalue weighted by Gasteiger charge is 2.35. The summed E-state index contributed by atoms with van der Waals surface area (Å²) < 4.78 is 10.6. The Morgan fingerprint density at radius 1 is 1.40 bits per heavy atom. The van der Waals surface area contributed by atoms with E-state index in [1.54, 1.807) is 19.9 Å². The van der Waals surface area contributed by atoms with Gasteiger partial charge in [-0.05, 0) is 53.5 Å². The smallest absolute Gasteiger partial charge is 0.246 e. The molecule has 2 heterocycles. The van der Waals surface area contributed by atoms with Crippen LogP contribution in [-0.4, -0.2) is 48.3 Å². The number of ether oxygens (including phenoxy) is 1. The molecule has 1 aromatic heterocycles. The van der Waals surface area contributed by atoms with E-state index < -0.39 is 11.0 Å². The van der Waals surface area contributed by atoms with E-state index in [0.29, 0.717) is 11.6 Å². The first-order valence-electron chi connectivity index (χ1n) is 8.65. The van der Waals surface area contributed by atoms with Gasteiger partial charge in [0.25, 0.3) is 0 Å². The summed E-state index contributed by atoms with van der Waals surface area (Å²) in [7, 11) is 1.96. The van der Waals surface area contributed by atoms with Gasteiger partial charge in [-0.15, -0.1) is 0 Å². The van der Waals surface area contributed by atoms with Crippen LogP contribution >= 0.6 is 0 Å². The predicted octanol–water partition coefficient (Wildman–Crippen LogP) is 2.55. The number of carbonyl (C=O) groups excluding carboxylic acids is 1. The lowest BCUT2D eigenvalue weighted by molar-refractivity contribution is -0.126. The van der Waals surface area contributed by atoms with Crippen molar-refractivity contribution in [2.24, 2.45) is 5.92 Å². The van der Waals surface area contributed by atoms with Crippen molar-refractivity contribution in [1.82, 2.24) is 10.1 Å². The molecule has 1 aliphatic rings. The summed E-state index contributed by atoms with van der Waals surface area (Å²) in [6.45, 7) is 9.70. The first kappa shape index (κ1) is 19.4. The molecule has 0 aliphatic carbocycles. The Morgan fingerprint density at radius 2 is 2.04 bits per heavy atom. The molecule has 1 amide bonds. The van der Waals surface area contributed by atoms with Gasteiger partial charge in [0.2, 0.25) is 11.8 Å². The summed E-state index contributed by atoms with van der Waals surface area (Å²) in [5, 5.41) is 15.8. The van der Waals surface area contributed by atoms with E-state index in [-0.39, 0.29) is 11.8 Å². The Kier molecular flexibility index (Phi) is 5.86. The third-order valence-corrected chi connectivity index (χ3v) is 5.05. The second kappa shape index (κ2) is 7.54. The zero-order valence-corrected chi connectivity index (χ0v) is 15.8. The molecule has 0 spiro atoms. The summed E-state index contributed by atoms with van der Waals surface area (Å²) >= 11 is 0. The van der Waals surface area contributed by atoms with E-state index in [4.69, 9.17) is 14.5 Å². The van der Waals surface area contributed by atoms with Crippen molar-refractivity contribution in [2.45, 2.75) is 51.5 Å². The van der Waals surface area contributed by atoms with Crippen LogP contribution in [0.1, 0.15) is 46.2 Å². The van der Waals surface area contributed by atoms with Crippen molar-refractivity contribution in [3.05, 3.63) is 11.8 Å². The van der Waals surface area contributed by atoms with Gasteiger partial charge in [0.1, 0.15) is 5.69 Å². The lowest BCUT2D eigenvalue weighted by Gasteiger charge is -2.37. The summed E-state index contributed by atoms with van der Waals surface area (Å²) in [6, 6.07) is 3.77. The highest BCUT2D eigenvalue weighted by Crippen LogP contribution is 2.25. The molecule has 2 rings (SSSR count). The number of anilines is 1. The third-order valence-electron chi connectivity index (χ3n) is 5.05. The van der Waals surface area contributed by atoms with E-state index in [2.05, 4.69) is 21.4 Å². The molecule has 1 N–H and O–H groups in total. The molecule has 0 atom stereocenters. The Hall–Kier alpha value is -1.91. The molecular formula is C18H28N4O3. The molecule has 1 aromatic rings. The molecule has 0 aromatic carbocycles. The fourth-order valence-electron chi connectivity index (χ4n) is 2.67. The Balaban J connectivity index is 1.99. The number of nitriles is 1. The Morgan fingerprint density at radius 3 is 2.64 bits per heavy atom. The summed E-state index contributed by atoms with van der Waals surface area (Å²) in [5.74, 6) is 0.634. The quantitative estimate of drug-likeness (QED) is 0.849. The van der Waals surface area contributed by atoms with Gasteiger partial charge in [0, 0.05) is 25.8 Å². The number of nitrogens with zero attached hydrogens (tertiary/aromatic N) is 3. The van der Waals surface area contributed by atoms with E-state index in [1.807, 2.05) is 20.9 Å². The number of hydrogen-bond acceptors (Lipinski definition) is 6. The van der Waals surface area contributed by atoms with E-state index >= 15 is 0 Å². The van der Waals surface area contributed by atoms with Gasteiger partial charge < -0.3 is 9.26 Å². The standard InChI is InChI=1S/C18H28N4O3/c1-17(2,12-19)14-10-15(25-21-14)20-16(23)18(3,4)22(5)11-13-6-8-24-9-7-13/h10,13H,6-9,11H2,1-5H3,(H,20,23). The Labute approximate surface area is 149 Å². The number of likely N-dealkylation sites (N-methyl/N-ethyl adjacent to an activating group) is 1. The molecule has 1 fully saturated rings. The maximum absolute atomic E-state index is 12.7. The normalized spacial score (nSPS) is 16.7. The van der Waals surface area contributed by atoms with Gasteiger partial charge in [0.05, 0.1) is 17.0 Å². The lowest BCUT2D eigenvalue weighted by atomic mass is 9.92. The summed E-state index contributed by atoms with van der Waals surface area (Å²) in [4.78, 5) is 14.8. The van der Waals surface area contributed by atoms with Crippen LogP contribution in [0.3, 0.4) is 0 Å². The number of rotatable bonds is 6. The largest absolute Gasteiger partial charge is 0.381 e. The predicted molar refractivity (Wildman–Crippen MR) is 94.0 cm³/mol. The van der Waals surface area contributed by atoms with Crippen LogP contribution in [0.5, 0.6) is 0 Å². The summed E-state index contributed by atoms with van der Waals surface area (Å²) in [5.41, 5.74) is -0.962. The van der Waals surface area contributed by atoms with Gasteiger partial charge in [-0.2, -0.15) is 5.26 Å². The first-order chi connectivity index (χ1) is 11.7. The van der Waals surface area contributed by atoms with Crippen LogP contribution in [-0.2, 0) is 14.9 Å². The maximum atomic E-state index is 12.7. The van der Waals surface area contributed by atoms with Crippen molar-refractivity contribution in [1.29, 1.82) is 5.26 Å². The molecule has 25 heavy (non-hydrogen) atoms. The topological polar surface area (TPSA) is 91.4 Å². The molecule has 138 valence electrons. The molecule has 0 bridgehead atoms. The van der Waals surface area contributed by atoms with Crippen molar-refractivity contribution in [3.63, 3.8) is 0 Å².